The van der Waals surface area contributed by atoms with Crippen LogP contribution in [0.5, 0.6) is 11.6 Å². The van der Waals surface area contributed by atoms with Gasteiger partial charge in [-0.2, -0.15) is 0 Å². The Morgan fingerprint density at radius 1 is 1.08 bits per heavy atom. The van der Waals surface area contributed by atoms with Gasteiger partial charge in [0, 0.05) is 43.1 Å². The summed E-state index contributed by atoms with van der Waals surface area (Å²) in [5.41, 5.74) is 2.69. The highest BCUT2D eigenvalue weighted by Gasteiger charge is 2.48. The van der Waals surface area contributed by atoms with Gasteiger partial charge in [-0.1, -0.05) is 19.8 Å². The number of aromatic hydroxyl groups is 1. The monoisotopic (exact) mass is 682 g/mol. The molecule has 0 bridgehead atoms. The van der Waals surface area contributed by atoms with E-state index in [0.717, 1.165) is 25.7 Å². The second-order valence-corrected chi connectivity index (χ2v) is 14.2. The van der Waals surface area contributed by atoms with Crippen LogP contribution in [0, 0.1) is 12.3 Å². The second-order valence-electron chi connectivity index (χ2n) is 14.2. The van der Waals surface area contributed by atoms with Crippen molar-refractivity contribution in [3.05, 3.63) is 52.0 Å². The van der Waals surface area contributed by atoms with Crippen LogP contribution >= 0.6 is 0 Å². The number of methoxy groups -OCH3 is 1. The quantitative estimate of drug-likeness (QED) is 0.280. The first-order chi connectivity index (χ1) is 24.2. The summed E-state index contributed by atoms with van der Waals surface area (Å²) in [7, 11) is 1.52. The molecular weight excluding hydrogens is 640 g/mol. The molecule has 8 rings (SSSR count). The van der Waals surface area contributed by atoms with Gasteiger partial charge >= 0.3 is 0 Å². The van der Waals surface area contributed by atoms with Crippen LogP contribution in [0.3, 0.4) is 0 Å². The Morgan fingerprint density at radius 2 is 1.86 bits per heavy atom. The number of hydrogen-bond donors (Lipinski definition) is 2. The van der Waals surface area contributed by atoms with Gasteiger partial charge in [-0.25, -0.2) is 15.0 Å². The van der Waals surface area contributed by atoms with Crippen LogP contribution in [0.4, 0.5) is 5.69 Å². The van der Waals surface area contributed by atoms with E-state index in [4.69, 9.17) is 9.84 Å². The largest absolute Gasteiger partial charge is 0.504 e. The van der Waals surface area contributed by atoms with Crippen molar-refractivity contribution >= 4 is 28.7 Å². The number of hydrogen-bond acceptors (Lipinski definition) is 11. The lowest BCUT2D eigenvalue weighted by molar-refractivity contribution is -0.124. The Labute approximate surface area is 288 Å². The Morgan fingerprint density at radius 3 is 2.58 bits per heavy atom. The summed E-state index contributed by atoms with van der Waals surface area (Å²) in [5, 5.41) is 23.3. The van der Waals surface area contributed by atoms with E-state index in [1.54, 1.807) is 30.2 Å². The van der Waals surface area contributed by atoms with Crippen molar-refractivity contribution in [2.24, 2.45) is 5.41 Å². The van der Waals surface area contributed by atoms with Crippen LogP contribution in [0.25, 0.3) is 16.9 Å². The zero-order valence-electron chi connectivity index (χ0n) is 28.6. The van der Waals surface area contributed by atoms with Crippen LogP contribution in [0.15, 0.2) is 29.5 Å². The normalized spacial score (nSPS) is 21.2. The fraction of sp³-hybridized carbons (Fsp3) is 0.543. The number of aromatic nitrogens is 7. The summed E-state index contributed by atoms with van der Waals surface area (Å²) in [6.07, 6.45) is 11.9. The maximum Gasteiger partial charge on any atom is 0.276 e. The van der Waals surface area contributed by atoms with Gasteiger partial charge in [0.2, 0.25) is 17.2 Å². The third-order valence-corrected chi connectivity index (χ3v) is 11.4. The Hall–Kier alpha value is -5.08. The first-order valence-electron chi connectivity index (χ1n) is 17.6. The third kappa shape index (κ3) is 5.24. The molecule has 4 aromatic rings. The molecule has 1 aliphatic heterocycles. The van der Waals surface area contributed by atoms with Gasteiger partial charge in [0.25, 0.3) is 5.91 Å². The molecule has 1 saturated heterocycles. The number of ether oxygens (including phenoxy) is 1. The minimum Gasteiger partial charge on any atom is -0.504 e. The molecule has 4 aromatic heterocycles. The van der Waals surface area contributed by atoms with E-state index < -0.39 is 0 Å². The summed E-state index contributed by atoms with van der Waals surface area (Å²) < 4.78 is 7.16. The van der Waals surface area contributed by atoms with Crippen LogP contribution in [0.2, 0.25) is 0 Å². The topological polar surface area (TPSA) is 173 Å². The fourth-order valence-corrected chi connectivity index (χ4v) is 8.77. The molecule has 3 aliphatic carbocycles. The van der Waals surface area contributed by atoms with E-state index in [1.165, 1.54) is 43.9 Å². The first-order valence-corrected chi connectivity index (χ1v) is 17.6. The van der Waals surface area contributed by atoms with Gasteiger partial charge in [-0.3, -0.25) is 14.4 Å². The van der Waals surface area contributed by atoms with Crippen LogP contribution in [-0.4, -0.2) is 94.7 Å². The van der Waals surface area contributed by atoms with Gasteiger partial charge in [0.15, 0.2) is 22.6 Å². The molecule has 0 aromatic carbocycles. The van der Waals surface area contributed by atoms with Gasteiger partial charge in [0.05, 0.1) is 24.5 Å². The van der Waals surface area contributed by atoms with Gasteiger partial charge < -0.3 is 29.5 Å². The van der Waals surface area contributed by atoms with Crippen molar-refractivity contribution in [2.75, 3.05) is 25.1 Å². The van der Waals surface area contributed by atoms with Crippen molar-refractivity contribution in [3.63, 3.8) is 0 Å². The first kappa shape index (κ1) is 32.1. The number of anilines is 1. The Balaban J connectivity index is 1.16. The number of nitrogens with one attached hydrogen (secondary N) is 1. The highest BCUT2D eigenvalue weighted by Crippen LogP contribution is 2.53. The number of nitrogens with zero attached hydrogens (tertiary/aromatic N) is 9. The van der Waals surface area contributed by atoms with Gasteiger partial charge in [0.1, 0.15) is 18.6 Å². The van der Waals surface area contributed by atoms with Crippen molar-refractivity contribution in [1.82, 2.24) is 44.7 Å². The highest BCUT2D eigenvalue weighted by atomic mass is 16.5. The molecule has 0 radical (unpaired) electrons. The smallest absolute Gasteiger partial charge is 0.276 e. The van der Waals surface area contributed by atoms with Crippen molar-refractivity contribution in [2.45, 2.75) is 96.3 Å². The molecule has 5 heterocycles. The molecule has 0 unspecified atom stereocenters. The number of rotatable bonds is 8. The Bertz CT molecular complexity index is 2050. The van der Waals surface area contributed by atoms with E-state index >= 15 is 0 Å². The van der Waals surface area contributed by atoms with Crippen LogP contribution in [0.1, 0.15) is 80.2 Å². The van der Waals surface area contributed by atoms with Crippen LogP contribution < -0.4 is 20.4 Å². The average molecular weight is 683 g/mol. The van der Waals surface area contributed by atoms with E-state index in [0.29, 0.717) is 59.2 Å². The molecule has 15 heteroatoms. The molecule has 4 aliphatic rings. The number of amides is 2. The maximum absolute atomic E-state index is 14.5. The summed E-state index contributed by atoms with van der Waals surface area (Å²) in [6, 6.07) is 3.26. The molecule has 15 nitrogen and oxygen atoms in total. The molecule has 3 saturated carbocycles. The number of pyridine rings is 2. The summed E-state index contributed by atoms with van der Waals surface area (Å²) in [4.78, 5) is 59.4. The second kappa shape index (κ2) is 12.4. The molecule has 4 fully saturated rings. The average Bonchev–Trinajstić information content (AvgIpc) is 3.76. The number of carbonyl (C=O) groups is 2. The van der Waals surface area contributed by atoms with Crippen LogP contribution in [-0.2, 0) is 17.8 Å². The number of piperazine rings is 1. The molecule has 2 atom stereocenters. The number of fused-ring (bicyclic) bond motifs is 2. The lowest BCUT2D eigenvalue weighted by Gasteiger charge is -2.54. The fourth-order valence-electron chi connectivity index (χ4n) is 8.77. The lowest BCUT2D eigenvalue weighted by Crippen LogP contribution is -2.67. The highest BCUT2D eigenvalue weighted by molar-refractivity contribution is 5.95. The summed E-state index contributed by atoms with van der Waals surface area (Å²) in [6.45, 7) is 4.32. The molecule has 50 heavy (non-hydrogen) atoms. The Kier molecular flexibility index (Phi) is 7.94. The number of carbonyl (C=O) groups excluding carboxylic acids is 2. The third-order valence-electron chi connectivity index (χ3n) is 11.4. The zero-order chi connectivity index (χ0) is 34.7. The van der Waals surface area contributed by atoms with Crippen molar-refractivity contribution in [1.29, 1.82) is 0 Å². The van der Waals surface area contributed by atoms with Crippen molar-refractivity contribution < 1.29 is 19.4 Å². The van der Waals surface area contributed by atoms with E-state index in [9.17, 15) is 19.5 Å². The standard InChI is InChI=1S/C35H42N10O5/c1-4-23-30(42-13-14-43(25-8-7-24(25)42)34(49)29-31(47)20(2)37-19-38-29)32(48)28-33(41-45(40-28)22-9-12-36-27(15-22)50-3)44(23)18-26(46)39-21-16-35(17-21)10-5-6-11-35/h9,12,15,19,21,24-25,47H,4-8,10-11,13-14,16-18H2,1-3H3,(H,39,46)/t24-,25-/m0/s1. The SMILES string of the molecule is CCc1c(N2CCN(C(=O)c3ncnc(C)c3O)[C@H]3CC[C@@H]32)c(=O)c2nn(-c3ccnc(OC)c3)nc2n1CC(=O)NC1CC2(CCCC2)C1. The predicted molar refractivity (Wildman–Crippen MR) is 183 cm³/mol. The molecule has 2 amide bonds. The van der Waals surface area contributed by atoms with E-state index in [-0.39, 0.29) is 58.9 Å². The van der Waals surface area contributed by atoms with E-state index in [1.807, 2.05) is 11.5 Å². The van der Waals surface area contributed by atoms with Crippen molar-refractivity contribution in [3.8, 4) is 17.3 Å². The minimum absolute atomic E-state index is 0.00625. The molecular formula is C35H42N10O5. The maximum atomic E-state index is 14.5. The summed E-state index contributed by atoms with van der Waals surface area (Å²) >= 11 is 0. The molecule has 1 spiro atoms. The van der Waals surface area contributed by atoms with E-state index in [2.05, 4.69) is 30.3 Å². The lowest BCUT2D eigenvalue weighted by atomic mass is 9.64. The minimum atomic E-state index is -0.353. The molecule has 2 N–H and O–H groups in total. The zero-order valence-corrected chi connectivity index (χ0v) is 28.6. The number of aryl methyl sites for hydroxylation is 1. The predicted octanol–water partition coefficient (Wildman–Crippen LogP) is 2.68. The summed E-state index contributed by atoms with van der Waals surface area (Å²) in [5.74, 6) is -0.312. The van der Waals surface area contributed by atoms with Gasteiger partial charge in [-0.15, -0.1) is 15.0 Å². The molecule has 262 valence electrons. The van der Waals surface area contributed by atoms with Gasteiger partial charge in [-0.05, 0) is 63.4 Å².